The normalized spacial score (nSPS) is 16.8. The number of hydrogen-bond donors (Lipinski definition) is 2. The third kappa shape index (κ3) is 5.30. The van der Waals surface area contributed by atoms with Crippen molar-refractivity contribution in [3.05, 3.63) is 111 Å². The number of rotatable bonds is 6. The third-order valence-corrected chi connectivity index (χ3v) is 7.39. The molecule has 38 heavy (non-hydrogen) atoms. The summed E-state index contributed by atoms with van der Waals surface area (Å²) in [6.45, 7) is 2.59. The maximum absolute atomic E-state index is 13.6. The summed E-state index contributed by atoms with van der Waals surface area (Å²) in [5.41, 5.74) is 3.26. The van der Waals surface area contributed by atoms with E-state index in [0.29, 0.717) is 22.6 Å². The second-order valence-corrected chi connectivity index (χ2v) is 9.96. The maximum Gasteiger partial charge on any atom is 0.270 e. The van der Waals surface area contributed by atoms with Gasteiger partial charge in [0.15, 0.2) is 5.17 Å². The second-order valence-electron chi connectivity index (χ2n) is 8.90. The maximum atomic E-state index is 13.6. The Morgan fingerprint density at radius 1 is 0.974 bits per heavy atom. The highest BCUT2D eigenvalue weighted by Gasteiger charge is 2.37. The van der Waals surface area contributed by atoms with E-state index < -0.39 is 16.9 Å². The van der Waals surface area contributed by atoms with E-state index in [-0.39, 0.29) is 17.2 Å². The van der Waals surface area contributed by atoms with E-state index in [9.17, 15) is 19.7 Å². The summed E-state index contributed by atoms with van der Waals surface area (Å²) < 4.78 is 0. The van der Waals surface area contributed by atoms with Crippen LogP contribution in [0.2, 0.25) is 0 Å². The van der Waals surface area contributed by atoms with Gasteiger partial charge in [-0.15, -0.1) is 0 Å². The molecule has 1 saturated heterocycles. The van der Waals surface area contributed by atoms with Crippen molar-refractivity contribution in [1.82, 2.24) is 4.90 Å². The number of benzene rings is 3. The standard InChI is InChI=1S/C28H25N5O4S/c1-18-24(27(35)30-21-10-3-2-4-11-21)25(32-14-7-15-38-28(32)29-18)19-8-5-12-22(16-19)31-26(34)20-9-6-13-23(17-20)33(36)37/h2-6,8-13,16-17,25H,7,14-15H2,1H3,(H,30,35)(H,31,34). The number of nitro groups is 1. The molecule has 0 aliphatic carbocycles. The van der Waals surface area contributed by atoms with Gasteiger partial charge in [0.2, 0.25) is 0 Å². The van der Waals surface area contributed by atoms with Crippen LogP contribution in [0, 0.1) is 10.1 Å². The van der Waals surface area contributed by atoms with Crippen molar-refractivity contribution < 1.29 is 14.5 Å². The molecule has 0 radical (unpaired) electrons. The number of aliphatic imine (C=N–C) groups is 1. The molecule has 2 N–H and O–H groups in total. The van der Waals surface area contributed by atoms with Crippen molar-refractivity contribution in [2.24, 2.45) is 4.99 Å². The highest BCUT2D eigenvalue weighted by molar-refractivity contribution is 8.13. The number of hydrogen-bond acceptors (Lipinski definition) is 7. The van der Waals surface area contributed by atoms with Crippen LogP contribution in [0.3, 0.4) is 0 Å². The minimum atomic E-state index is -0.535. The number of anilines is 2. The number of thioether (sulfide) groups is 1. The van der Waals surface area contributed by atoms with E-state index in [1.807, 2.05) is 55.5 Å². The number of nitrogens with zero attached hydrogens (tertiary/aromatic N) is 3. The molecule has 0 aromatic heterocycles. The zero-order valence-electron chi connectivity index (χ0n) is 20.6. The molecule has 2 aliphatic heterocycles. The first-order valence-electron chi connectivity index (χ1n) is 12.1. The van der Waals surface area contributed by atoms with Crippen LogP contribution in [0.1, 0.15) is 35.3 Å². The van der Waals surface area contributed by atoms with Crippen molar-refractivity contribution in [2.75, 3.05) is 22.9 Å². The van der Waals surface area contributed by atoms with E-state index >= 15 is 0 Å². The number of non-ortho nitro benzene ring substituents is 1. The topological polar surface area (TPSA) is 117 Å². The average Bonchev–Trinajstić information content (AvgIpc) is 2.93. The van der Waals surface area contributed by atoms with Gasteiger partial charge in [0.05, 0.1) is 22.2 Å². The van der Waals surface area contributed by atoms with Crippen molar-refractivity contribution in [3.8, 4) is 0 Å². The van der Waals surface area contributed by atoms with Gasteiger partial charge in [-0.3, -0.25) is 19.7 Å². The van der Waals surface area contributed by atoms with Gasteiger partial charge in [0, 0.05) is 41.4 Å². The lowest BCUT2D eigenvalue weighted by Crippen LogP contribution is -2.43. The molecule has 5 rings (SSSR count). The molecule has 0 saturated carbocycles. The fraction of sp³-hybridized carbons (Fsp3) is 0.179. The van der Waals surface area contributed by atoms with E-state index in [2.05, 4.69) is 15.5 Å². The number of amides is 2. The van der Waals surface area contributed by atoms with Crippen LogP contribution in [0.4, 0.5) is 17.1 Å². The van der Waals surface area contributed by atoms with Gasteiger partial charge in [-0.25, -0.2) is 4.99 Å². The van der Waals surface area contributed by atoms with Crippen LogP contribution in [0.15, 0.2) is 95.1 Å². The number of amidine groups is 1. The van der Waals surface area contributed by atoms with Crippen molar-refractivity contribution in [1.29, 1.82) is 0 Å². The Bertz CT molecular complexity index is 1470. The van der Waals surface area contributed by atoms with Gasteiger partial charge in [0.1, 0.15) is 0 Å². The molecule has 3 aromatic rings. The molecule has 9 nitrogen and oxygen atoms in total. The van der Waals surface area contributed by atoms with Gasteiger partial charge in [-0.2, -0.15) is 0 Å². The van der Waals surface area contributed by atoms with E-state index in [0.717, 1.165) is 29.4 Å². The predicted molar refractivity (Wildman–Crippen MR) is 149 cm³/mol. The van der Waals surface area contributed by atoms with E-state index in [1.165, 1.54) is 24.3 Å². The van der Waals surface area contributed by atoms with Gasteiger partial charge in [-0.1, -0.05) is 48.2 Å². The second kappa shape index (κ2) is 10.9. The van der Waals surface area contributed by atoms with Crippen LogP contribution >= 0.6 is 11.8 Å². The molecule has 1 fully saturated rings. The van der Waals surface area contributed by atoms with Crippen molar-refractivity contribution in [3.63, 3.8) is 0 Å². The van der Waals surface area contributed by atoms with Crippen LogP contribution in [-0.2, 0) is 4.79 Å². The zero-order chi connectivity index (χ0) is 26.6. The minimum absolute atomic E-state index is 0.155. The molecule has 0 spiro atoms. The van der Waals surface area contributed by atoms with Crippen molar-refractivity contribution in [2.45, 2.75) is 19.4 Å². The highest BCUT2D eigenvalue weighted by Crippen LogP contribution is 2.40. The molecular formula is C28H25N5O4S. The molecule has 3 aromatic carbocycles. The number of nitrogens with one attached hydrogen (secondary N) is 2. The number of allylic oxidation sites excluding steroid dienone is 1. The molecule has 2 amide bonds. The zero-order valence-corrected chi connectivity index (χ0v) is 21.4. The molecule has 192 valence electrons. The van der Waals surface area contributed by atoms with Gasteiger partial charge < -0.3 is 15.5 Å². The summed E-state index contributed by atoms with van der Waals surface area (Å²) in [7, 11) is 0. The summed E-state index contributed by atoms with van der Waals surface area (Å²) in [6.07, 6.45) is 0.954. The Morgan fingerprint density at radius 3 is 2.50 bits per heavy atom. The molecule has 2 heterocycles. The van der Waals surface area contributed by atoms with Gasteiger partial charge in [0.25, 0.3) is 17.5 Å². The Kier molecular flexibility index (Phi) is 7.23. The quantitative estimate of drug-likeness (QED) is 0.318. The number of carbonyl (C=O) groups is 2. The Balaban J connectivity index is 1.47. The monoisotopic (exact) mass is 527 g/mol. The first-order chi connectivity index (χ1) is 18.4. The van der Waals surface area contributed by atoms with Crippen LogP contribution in [0.25, 0.3) is 0 Å². The van der Waals surface area contributed by atoms with E-state index in [1.54, 1.807) is 17.8 Å². The summed E-state index contributed by atoms with van der Waals surface area (Å²) in [4.78, 5) is 43.9. The molecule has 2 aliphatic rings. The highest BCUT2D eigenvalue weighted by atomic mass is 32.2. The van der Waals surface area contributed by atoms with Gasteiger partial charge >= 0.3 is 0 Å². The fourth-order valence-electron chi connectivity index (χ4n) is 4.58. The molecule has 10 heteroatoms. The number of carbonyl (C=O) groups excluding carboxylic acids is 2. The molecule has 0 bridgehead atoms. The lowest BCUT2D eigenvalue weighted by molar-refractivity contribution is -0.384. The van der Waals surface area contributed by atoms with Crippen molar-refractivity contribution >= 4 is 45.8 Å². The van der Waals surface area contributed by atoms with Crippen LogP contribution < -0.4 is 10.6 Å². The first-order valence-corrected chi connectivity index (χ1v) is 13.1. The SMILES string of the molecule is CC1=C(C(=O)Nc2ccccc2)C(c2cccc(NC(=O)c3cccc([N+](=O)[O-])c3)c2)N2CCCSC2=N1. The van der Waals surface area contributed by atoms with Crippen LogP contribution in [-0.4, -0.2) is 39.1 Å². The number of para-hydroxylation sites is 1. The first kappa shape index (κ1) is 25.2. The number of nitro benzene ring substituents is 1. The lowest BCUT2D eigenvalue weighted by Gasteiger charge is -2.41. The Morgan fingerprint density at radius 2 is 1.71 bits per heavy atom. The summed E-state index contributed by atoms with van der Waals surface area (Å²) in [5, 5.41) is 17.8. The lowest BCUT2D eigenvalue weighted by atomic mass is 9.93. The molecule has 1 atom stereocenters. The summed E-state index contributed by atoms with van der Waals surface area (Å²) in [5.74, 6) is 0.266. The third-order valence-electron chi connectivity index (χ3n) is 6.31. The molecule has 1 unspecified atom stereocenters. The fourth-order valence-corrected chi connectivity index (χ4v) is 5.60. The predicted octanol–water partition coefficient (Wildman–Crippen LogP) is 5.61. The smallest absolute Gasteiger partial charge is 0.270 e. The molecular weight excluding hydrogens is 502 g/mol. The Hall–Kier alpha value is -4.44. The Labute approximate surface area is 223 Å². The van der Waals surface area contributed by atoms with Gasteiger partial charge in [-0.05, 0) is 49.2 Å². The van der Waals surface area contributed by atoms with E-state index in [4.69, 9.17) is 4.99 Å². The summed E-state index contributed by atoms with van der Waals surface area (Å²) in [6, 6.07) is 21.8. The minimum Gasteiger partial charge on any atom is -0.340 e. The van der Waals surface area contributed by atoms with Crippen LogP contribution in [0.5, 0.6) is 0 Å². The average molecular weight is 528 g/mol. The number of fused-ring (bicyclic) bond motifs is 1. The largest absolute Gasteiger partial charge is 0.340 e. The summed E-state index contributed by atoms with van der Waals surface area (Å²) >= 11 is 1.67.